The number of hydrogen-bond donors (Lipinski definition) is 3. The summed E-state index contributed by atoms with van der Waals surface area (Å²) in [5.41, 5.74) is 0. The minimum absolute atomic E-state index is 0.0677. The van der Waals surface area contributed by atoms with Gasteiger partial charge in [-0.3, -0.25) is 37.3 Å². The summed E-state index contributed by atoms with van der Waals surface area (Å²) in [4.78, 5) is 72.7. The van der Waals surface area contributed by atoms with Crippen molar-refractivity contribution in [2.45, 2.75) is 290 Å². The van der Waals surface area contributed by atoms with Crippen LogP contribution >= 0.6 is 15.6 Å². The molecule has 19 heteroatoms. The lowest BCUT2D eigenvalue weighted by atomic mass is 10.1. The summed E-state index contributed by atoms with van der Waals surface area (Å²) in [6.07, 6.45) is 82.8. The number of phosphoric ester groups is 2. The van der Waals surface area contributed by atoms with Crippen LogP contribution in [0.1, 0.15) is 272 Å². The number of hydrogen-bond acceptors (Lipinski definition) is 15. The second kappa shape index (κ2) is 72.0. The Balaban J connectivity index is 5.45. The highest BCUT2D eigenvalue weighted by Crippen LogP contribution is 2.45. The number of carbonyl (C=O) groups excluding carboxylic acids is 4. The molecule has 0 saturated carbocycles. The van der Waals surface area contributed by atoms with E-state index in [1.165, 1.54) is 32.1 Å². The largest absolute Gasteiger partial charge is 0.472 e. The average molecular weight is 1440 g/mol. The van der Waals surface area contributed by atoms with Gasteiger partial charge in [0, 0.05) is 19.3 Å². The minimum Gasteiger partial charge on any atom is -0.462 e. The number of carbonyl (C=O) groups is 4. The molecule has 568 valence electrons. The normalized spacial score (nSPS) is 14.8. The first-order valence-corrected chi connectivity index (χ1v) is 40.7. The van der Waals surface area contributed by atoms with Gasteiger partial charge in [-0.15, -0.1) is 0 Å². The number of aliphatic hydroxyl groups is 1. The van der Waals surface area contributed by atoms with Gasteiger partial charge < -0.3 is 33.8 Å². The molecule has 0 spiro atoms. The molecule has 0 aliphatic rings. The van der Waals surface area contributed by atoms with Gasteiger partial charge in [0.25, 0.3) is 0 Å². The van der Waals surface area contributed by atoms with Crippen LogP contribution in [0.5, 0.6) is 0 Å². The van der Waals surface area contributed by atoms with Gasteiger partial charge in [0.15, 0.2) is 12.2 Å². The highest BCUT2D eigenvalue weighted by Gasteiger charge is 2.30. The lowest BCUT2D eigenvalue weighted by Gasteiger charge is -2.21. The van der Waals surface area contributed by atoms with Gasteiger partial charge in [-0.05, 0) is 148 Å². The van der Waals surface area contributed by atoms with Crippen molar-refractivity contribution in [3.63, 3.8) is 0 Å². The molecule has 5 atom stereocenters. The number of esters is 4. The summed E-state index contributed by atoms with van der Waals surface area (Å²) in [5, 5.41) is 10.6. The Hall–Kier alpha value is -5.32. The fourth-order valence-corrected chi connectivity index (χ4v) is 10.9. The highest BCUT2D eigenvalue weighted by atomic mass is 31.2. The number of ether oxygens (including phenoxy) is 4. The molecule has 0 amide bonds. The topological polar surface area (TPSA) is 237 Å². The summed E-state index contributed by atoms with van der Waals surface area (Å²) < 4.78 is 68.2. The van der Waals surface area contributed by atoms with E-state index >= 15 is 0 Å². The van der Waals surface area contributed by atoms with Crippen LogP contribution in [0.15, 0.2) is 158 Å². The van der Waals surface area contributed by atoms with Gasteiger partial charge in [0.05, 0.1) is 32.8 Å². The molecule has 0 bridgehead atoms. The summed E-state index contributed by atoms with van der Waals surface area (Å²) in [5.74, 6) is -2.41. The first-order valence-electron chi connectivity index (χ1n) is 37.7. The Bertz CT molecular complexity index is 2520. The maximum Gasteiger partial charge on any atom is 0.472 e. The molecule has 0 fully saturated rings. The zero-order valence-electron chi connectivity index (χ0n) is 61.8. The molecule has 100 heavy (non-hydrogen) atoms. The van der Waals surface area contributed by atoms with Gasteiger partial charge in [0.2, 0.25) is 0 Å². The Morgan fingerprint density at radius 2 is 0.570 bits per heavy atom. The molecule has 0 rings (SSSR count). The summed E-state index contributed by atoms with van der Waals surface area (Å²) in [7, 11) is -10.0. The SMILES string of the molecule is CC/C=C\C/C=C\C/C=C\C/C=C\C/C=C\CC(=O)OC(COC(=O)CCCCCCCC/C=C\C/C=C\C/C=C\CCCCC)COP(=O)(O)OCC(O)COP(=O)(O)OCC(COC(=O)CCCC/C=C\C/C=C\C/C=C\C/C=C\CC)OC(=O)CCCCCCC/C=C\CCCC. The predicted octanol–water partition coefficient (Wildman–Crippen LogP) is 21.7. The molecule has 3 N–H and O–H groups in total. The van der Waals surface area contributed by atoms with Crippen molar-refractivity contribution in [1.29, 1.82) is 0 Å². The average Bonchev–Trinajstić information content (AvgIpc) is 0.926. The lowest BCUT2D eigenvalue weighted by molar-refractivity contribution is -0.161. The van der Waals surface area contributed by atoms with Crippen LogP contribution in [0.3, 0.4) is 0 Å². The summed E-state index contributed by atoms with van der Waals surface area (Å²) >= 11 is 0. The fourth-order valence-electron chi connectivity index (χ4n) is 9.27. The summed E-state index contributed by atoms with van der Waals surface area (Å²) in [6, 6.07) is 0. The molecular weight excluding hydrogens is 1310 g/mol. The highest BCUT2D eigenvalue weighted by molar-refractivity contribution is 7.47. The first kappa shape index (κ1) is 94.7. The molecule has 0 aliphatic heterocycles. The van der Waals surface area contributed by atoms with Crippen LogP contribution < -0.4 is 0 Å². The van der Waals surface area contributed by atoms with Crippen LogP contribution in [0.4, 0.5) is 0 Å². The molecule has 0 heterocycles. The van der Waals surface area contributed by atoms with Crippen molar-refractivity contribution < 1.29 is 80.2 Å². The molecule has 17 nitrogen and oxygen atoms in total. The number of phosphoric acid groups is 2. The third-order valence-electron chi connectivity index (χ3n) is 15.0. The van der Waals surface area contributed by atoms with E-state index in [1.807, 2.05) is 12.2 Å². The Morgan fingerprint density at radius 3 is 0.950 bits per heavy atom. The monoisotopic (exact) mass is 1440 g/mol. The van der Waals surface area contributed by atoms with Crippen LogP contribution in [-0.2, 0) is 65.4 Å². The van der Waals surface area contributed by atoms with E-state index in [0.717, 1.165) is 161 Å². The van der Waals surface area contributed by atoms with Crippen LogP contribution in [0.25, 0.3) is 0 Å². The van der Waals surface area contributed by atoms with Crippen LogP contribution in [0.2, 0.25) is 0 Å². The van der Waals surface area contributed by atoms with Crippen molar-refractivity contribution in [1.82, 2.24) is 0 Å². The number of aliphatic hydroxyl groups excluding tert-OH is 1. The van der Waals surface area contributed by atoms with Crippen molar-refractivity contribution in [2.75, 3.05) is 39.6 Å². The number of allylic oxidation sites excluding steroid dienone is 25. The maximum atomic E-state index is 13.1. The third-order valence-corrected chi connectivity index (χ3v) is 16.9. The quantitative estimate of drug-likeness (QED) is 0.0169. The second-order valence-corrected chi connectivity index (χ2v) is 27.4. The van der Waals surface area contributed by atoms with E-state index in [9.17, 15) is 43.2 Å². The molecule has 0 aromatic rings. The van der Waals surface area contributed by atoms with E-state index in [4.69, 9.17) is 37.0 Å². The van der Waals surface area contributed by atoms with Gasteiger partial charge in [-0.1, -0.05) is 256 Å². The van der Waals surface area contributed by atoms with E-state index in [2.05, 4.69) is 161 Å². The molecule has 0 aromatic carbocycles. The van der Waals surface area contributed by atoms with Crippen LogP contribution in [0, 0.1) is 0 Å². The molecule has 0 aliphatic carbocycles. The molecule has 0 saturated heterocycles. The van der Waals surface area contributed by atoms with Gasteiger partial charge in [-0.25, -0.2) is 9.13 Å². The first-order chi connectivity index (χ1) is 48.7. The molecule has 0 aromatic heterocycles. The van der Waals surface area contributed by atoms with Crippen molar-refractivity contribution in [2.24, 2.45) is 0 Å². The number of rotatable bonds is 69. The molecule has 5 unspecified atom stereocenters. The zero-order chi connectivity index (χ0) is 73.2. The Kier molecular flexibility index (Phi) is 68.2. The molecular formula is C81H132O17P2. The smallest absolute Gasteiger partial charge is 0.462 e. The Labute approximate surface area is 604 Å². The van der Waals surface area contributed by atoms with E-state index in [1.54, 1.807) is 12.2 Å². The predicted molar refractivity (Wildman–Crippen MR) is 408 cm³/mol. The van der Waals surface area contributed by atoms with Gasteiger partial charge >= 0.3 is 39.5 Å². The van der Waals surface area contributed by atoms with E-state index in [-0.39, 0.29) is 25.7 Å². The maximum absolute atomic E-state index is 13.1. The zero-order valence-corrected chi connectivity index (χ0v) is 63.6. The van der Waals surface area contributed by atoms with Crippen molar-refractivity contribution >= 4 is 39.5 Å². The molecule has 0 radical (unpaired) electrons. The van der Waals surface area contributed by atoms with Crippen molar-refractivity contribution in [3.05, 3.63) is 158 Å². The fraction of sp³-hybridized carbons (Fsp3) is 0.630. The van der Waals surface area contributed by atoms with Crippen molar-refractivity contribution in [3.8, 4) is 0 Å². The van der Waals surface area contributed by atoms with Gasteiger partial charge in [-0.2, -0.15) is 0 Å². The third kappa shape index (κ3) is 71.1. The van der Waals surface area contributed by atoms with E-state index in [0.29, 0.717) is 25.7 Å². The Morgan fingerprint density at radius 1 is 0.300 bits per heavy atom. The lowest BCUT2D eigenvalue weighted by Crippen LogP contribution is -2.30. The second-order valence-electron chi connectivity index (χ2n) is 24.5. The van der Waals surface area contributed by atoms with Crippen LogP contribution in [-0.4, -0.2) is 96.7 Å². The standard InChI is InChI=1S/C81H132O17P2/c1-5-9-13-17-21-25-29-32-35-36-37-38-41-43-47-50-54-58-62-66-79(84)92-72-77(98-81(86)68-64-60-56-52-48-44-40-34-31-27-23-19-15-11-7-3)74-96-100(89,90)94-70-75(82)69-93-99(87,88)95-73-76(97-80(85)67-63-59-55-51-45-28-24-20-16-12-8-4)71-91-78(83)65-61-57-53-49-46-42-39-33-30-26-22-18-14-10-6-2/h10-11,14-15,20-27,32-35,37-40,46,48-49,52,60,64,75-77,82H,5-9,12-13,16-19,28-31,36,41-45,47,50-51,53-59,61-63,65-74H2,1-4H3,(H,87,88)(H,89,90)/b14-10-,15-11-,24-20-,25-21-,26-22-,27-23-,35-32-,38-37-,39-33-,40-34-,49-46-,52-48-,64-60-. The number of unbranched alkanes of at least 4 members (excludes halogenated alkanes) is 18. The minimum atomic E-state index is -5.01. The van der Waals surface area contributed by atoms with E-state index < -0.39 is 97.5 Å². The van der Waals surface area contributed by atoms with Gasteiger partial charge in [0.1, 0.15) is 19.3 Å². The summed E-state index contributed by atoms with van der Waals surface area (Å²) in [6.45, 7) is 4.36.